The zero-order valence-corrected chi connectivity index (χ0v) is 20.9. The number of carbonyl (C=O) groups is 2. The van der Waals surface area contributed by atoms with Gasteiger partial charge in [0.1, 0.15) is 4.93 Å². The summed E-state index contributed by atoms with van der Waals surface area (Å²) in [5.74, 6) is -1.27. The molecule has 2 N–H and O–H groups in total. The van der Waals surface area contributed by atoms with Crippen molar-refractivity contribution >= 4 is 40.1 Å². The minimum atomic E-state index is -0.818. The van der Waals surface area contributed by atoms with Gasteiger partial charge in [-0.25, -0.2) is 0 Å². The normalized spacial score (nSPS) is 18.0. The second kappa shape index (κ2) is 11.1. The number of carboxylic acids is 1. The first kappa shape index (κ1) is 25.0. The van der Waals surface area contributed by atoms with Crippen LogP contribution in [0.3, 0.4) is 0 Å². The fraction of sp³-hybridized carbons (Fsp3) is 0.310. The Hall–Kier alpha value is -3.09. The number of carbonyl (C=O) groups excluding carboxylic acids is 1. The molecule has 1 aliphatic heterocycles. The first-order valence-electron chi connectivity index (χ1n) is 11.9. The molecule has 0 saturated carbocycles. The zero-order valence-electron chi connectivity index (χ0n) is 20.1. The third-order valence-corrected chi connectivity index (χ3v) is 7.51. The zero-order chi connectivity index (χ0) is 24.8. The van der Waals surface area contributed by atoms with E-state index in [4.69, 9.17) is 9.84 Å². The summed E-state index contributed by atoms with van der Waals surface area (Å²) in [5.41, 5.74) is 3.59. The smallest absolute Gasteiger partial charge is 0.303 e. The lowest BCUT2D eigenvalue weighted by Crippen LogP contribution is -2.21. The van der Waals surface area contributed by atoms with Crippen molar-refractivity contribution in [1.29, 1.82) is 0 Å². The Kier molecular flexibility index (Phi) is 7.93. The van der Waals surface area contributed by atoms with Crippen molar-refractivity contribution in [2.75, 3.05) is 5.32 Å². The highest BCUT2D eigenvalue weighted by Gasteiger charge is 2.27. The quantitative estimate of drug-likeness (QED) is 0.325. The third-order valence-electron chi connectivity index (χ3n) is 6.40. The molecule has 0 aliphatic carbocycles. The summed E-state index contributed by atoms with van der Waals surface area (Å²) < 4.78 is 6.16. The van der Waals surface area contributed by atoms with Crippen LogP contribution < -0.4 is 5.32 Å². The number of aliphatic carboxylic acids is 1. The number of thioether (sulfide) groups is 1. The van der Waals surface area contributed by atoms with Crippen molar-refractivity contribution in [3.05, 3.63) is 88.8 Å². The second-order valence-corrected chi connectivity index (χ2v) is 10.5. The maximum atomic E-state index is 13.4. The lowest BCUT2D eigenvalue weighted by Gasteiger charge is -2.24. The van der Waals surface area contributed by atoms with Crippen LogP contribution in [0.2, 0.25) is 0 Å². The molecule has 1 heterocycles. The van der Waals surface area contributed by atoms with E-state index in [9.17, 15) is 9.59 Å². The summed E-state index contributed by atoms with van der Waals surface area (Å²) in [6.07, 6.45) is 4.14. The predicted molar refractivity (Wildman–Crippen MR) is 143 cm³/mol. The van der Waals surface area contributed by atoms with Crippen molar-refractivity contribution in [3.63, 3.8) is 0 Å². The van der Waals surface area contributed by atoms with Crippen molar-refractivity contribution in [2.45, 2.75) is 57.0 Å². The molecule has 3 aromatic rings. The second-order valence-electron chi connectivity index (χ2n) is 9.13. The van der Waals surface area contributed by atoms with E-state index in [1.54, 1.807) is 11.8 Å². The van der Waals surface area contributed by atoms with Gasteiger partial charge >= 0.3 is 5.97 Å². The Morgan fingerprint density at radius 2 is 1.94 bits per heavy atom. The largest absolute Gasteiger partial charge is 0.481 e. The molecule has 1 aliphatic rings. The number of hydrogen-bond donors (Lipinski definition) is 2. The van der Waals surface area contributed by atoms with Gasteiger partial charge in [0.25, 0.3) is 0 Å². The molecular formula is C29H31NO4S. The van der Waals surface area contributed by atoms with E-state index < -0.39 is 5.97 Å². The maximum absolute atomic E-state index is 13.4. The van der Waals surface area contributed by atoms with Gasteiger partial charge in [0.2, 0.25) is 5.91 Å². The topological polar surface area (TPSA) is 75.6 Å². The Bertz CT molecular complexity index is 1240. The summed E-state index contributed by atoms with van der Waals surface area (Å²) in [6.45, 7) is 4.42. The van der Waals surface area contributed by atoms with Crippen LogP contribution in [0.1, 0.15) is 55.7 Å². The van der Waals surface area contributed by atoms with Gasteiger partial charge in [-0.1, -0.05) is 72.4 Å². The van der Waals surface area contributed by atoms with Crippen molar-refractivity contribution < 1.29 is 19.4 Å². The molecule has 0 spiro atoms. The molecule has 1 amide bonds. The summed E-state index contributed by atoms with van der Waals surface area (Å²) in [5, 5.41) is 16.4. The molecular weight excluding hydrogens is 458 g/mol. The summed E-state index contributed by atoms with van der Waals surface area (Å²) in [4.78, 5) is 24.1. The van der Waals surface area contributed by atoms with Crippen molar-refractivity contribution in [2.24, 2.45) is 0 Å². The Labute approximate surface area is 210 Å². The van der Waals surface area contributed by atoms with Gasteiger partial charge in [-0.2, -0.15) is 0 Å². The maximum Gasteiger partial charge on any atom is 0.303 e. The van der Waals surface area contributed by atoms with Crippen LogP contribution in [0, 0.1) is 0 Å². The number of carboxylic acid groups (broad SMARTS) is 1. The van der Waals surface area contributed by atoms with E-state index in [-0.39, 0.29) is 23.2 Å². The van der Waals surface area contributed by atoms with Gasteiger partial charge in [0, 0.05) is 18.5 Å². The number of anilines is 1. The number of amides is 1. The minimum Gasteiger partial charge on any atom is -0.481 e. The Morgan fingerprint density at radius 3 is 2.71 bits per heavy atom. The molecule has 35 heavy (non-hydrogen) atoms. The summed E-state index contributed by atoms with van der Waals surface area (Å²) in [7, 11) is 0. The molecule has 0 radical (unpaired) electrons. The van der Waals surface area contributed by atoms with Gasteiger partial charge in [0.15, 0.2) is 0 Å². The molecule has 5 nitrogen and oxygen atoms in total. The molecule has 0 bridgehead atoms. The lowest BCUT2D eigenvalue weighted by molar-refractivity contribution is -0.137. The van der Waals surface area contributed by atoms with Crippen LogP contribution in [0.5, 0.6) is 0 Å². The van der Waals surface area contributed by atoms with Gasteiger partial charge in [0.05, 0.1) is 12.5 Å². The molecule has 0 fully saturated rings. The molecule has 2 unspecified atom stereocenters. The first-order valence-corrected chi connectivity index (χ1v) is 12.8. The van der Waals surface area contributed by atoms with Gasteiger partial charge in [-0.3, -0.25) is 9.59 Å². The number of benzene rings is 3. The standard InChI is InChI=1S/C29H31NO4S/c1-20(24-12-5-9-22-8-3-4-11-25(22)24)28(33)30-26-18-21(19-34-29(2)16-7-17-35-29)14-15-23(26)10-6-13-27(31)32/h3-5,7-9,11-12,14-15,17-18,20H,6,10,13,16,19H2,1-2H3,(H,30,33)(H,31,32). The molecule has 0 saturated heterocycles. The summed E-state index contributed by atoms with van der Waals surface area (Å²) in [6, 6.07) is 20.0. The van der Waals surface area contributed by atoms with Crippen LogP contribution in [-0.4, -0.2) is 21.9 Å². The fourth-order valence-corrected chi connectivity index (χ4v) is 5.12. The highest BCUT2D eigenvalue weighted by atomic mass is 32.2. The fourth-order valence-electron chi connectivity index (χ4n) is 4.32. The number of ether oxygens (including phenoxy) is 1. The molecule has 0 aromatic heterocycles. The molecule has 4 rings (SSSR count). The highest BCUT2D eigenvalue weighted by molar-refractivity contribution is 8.03. The van der Waals surface area contributed by atoms with Gasteiger partial charge in [-0.05, 0) is 65.6 Å². The number of fused-ring (bicyclic) bond motifs is 1. The lowest BCUT2D eigenvalue weighted by atomic mass is 9.94. The molecule has 182 valence electrons. The van der Waals surface area contributed by atoms with Gasteiger partial charge in [-0.15, -0.1) is 0 Å². The molecule has 6 heteroatoms. The van der Waals surface area contributed by atoms with Crippen LogP contribution in [-0.2, 0) is 27.4 Å². The van der Waals surface area contributed by atoms with Gasteiger partial charge < -0.3 is 15.2 Å². The van der Waals surface area contributed by atoms with E-state index in [1.807, 2.05) is 67.6 Å². The van der Waals surface area contributed by atoms with E-state index in [0.717, 1.165) is 39.6 Å². The SMILES string of the molecule is CC(C(=O)Nc1cc(COC2(C)CC=CS2)ccc1CCCC(=O)O)c1cccc2ccccc12. The van der Waals surface area contributed by atoms with E-state index >= 15 is 0 Å². The van der Waals surface area contributed by atoms with Crippen molar-refractivity contribution in [1.82, 2.24) is 0 Å². The Morgan fingerprint density at radius 1 is 1.14 bits per heavy atom. The van der Waals surface area contributed by atoms with E-state index in [1.165, 1.54) is 0 Å². The average Bonchev–Trinajstić information content (AvgIpc) is 3.29. The third kappa shape index (κ3) is 6.32. The number of aryl methyl sites for hydroxylation is 1. The van der Waals surface area contributed by atoms with E-state index in [2.05, 4.69) is 23.7 Å². The molecule has 2 atom stereocenters. The van der Waals surface area contributed by atoms with Crippen LogP contribution in [0.15, 0.2) is 72.1 Å². The Balaban J connectivity index is 1.54. The monoisotopic (exact) mass is 489 g/mol. The van der Waals surface area contributed by atoms with E-state index in [0.29, 0.717) is 19.4 Å². The molecule has 3 aromatic carbocycles. The predicted octanol–water partition coefficient (Wildman–Crippen LogP) is 6.87. The number of rotatable bonds is 10. The van der Waals surface area contributed by atoms with Crippen LogP contribution >= 0.6 is 11.8 Å². The summed E-state index contributed by atoms with van der Waals surface area (Å²) >= 11 is 1.67. The number of nitrogens with one attached hydrogen (secondary N) is 1. The van der Waals surface area contributed by atoms with Crippen LogP contribution in [0.25, 0.3) is 10.8 Å². The van der Waals surface area contributed by atoms with Crippen molar-refractivity contribution in [3.8, 4) is 0 Å². The minimum absolute atomic E-state index is 0.0905. The average molecular weight is 490 g/mol. The number of hydrogen-bond acceptors (Lipinski definition) is 4. The van der Waals surface area contributed by atoms with Crippen LogP contribution in [0.4, 0.5) is 5.69 Å². The highest BCUT2D eigenvalue weighted by Crippen LogP contribution is 2.38. The first-order chi connectivity index (χ1) is 16.8.